The average molecular weight is 500 g/mol. The molecule has 2 aromatic carbocycles. The van der Waals surface area contributed by atoms with Gasteiger partial charge in [0.2, 0.25) is 0 Å². The first-order valence-corrected chi connectivity index (χ1v) is 11.9. The van der Waals surface area contributed by atoms with Gasteiger partial charge in [0.15, 0.2) is 5.82 Å². The van der Waals surface area contributed by atoms with Crippen LogP contribution in [0.25, 0.3) is 11.3 Å². The summed E-state index contributed by atoms with van der Waals surface area (Å²) < 4.78 is 5.98. The van der Waals surface area contributed by atoms with Crippen LogP contribution in [0.4, 0.5) is 5.82 Å². The molecule has 2 heterocycles. The van der Waals surface area contributed by atoms with Crippen molar-refractivity contribution in [1.29, 1.82) is 0 Å². The molecule has 1 saturated heterocycles. The maximum Gasteiger partial charge on any atom is 0.258 e. The van der Waals surface area contributed by atoms with Crippen molar-refractivity contribution >= 4 is 34.9 Å². The summed E-state index contributed by atoms with van der Waals surface area (Å²) in [5.41, 5.74) is 8.67. The largest absolute Gasteiger partial charge is 0.467 e. The lowest BCUT2D eigenvalue weighted by Crippen LogP contribution is -2.55. The second-order valence-corrected chi connectivity index (χ2v) is 9.41. The third-order valence-corrected chi connectivity index (χ3v) is 6.39. The minimum Gasteiger partial charge on any atom is -0.467 e. The number of hydrogen-bond donors (Lipinski definition) is 2. The smallest absolute Gasteiger partial charge is 0.258 e. The van der Waals surface area contributed by atoms with E-state index in [2.05, 4.69) is 29.1 Å². The molecule has 1 fully saturated rings. The third-order valence-electron chi connectivity index (χ3n) is 5.73. The fourth-order valence-corrected chi connectivity index (χ4v) is 4.90. The number of nitrogen functional groups attached to an aromatic ring is 1. The molecule has 3 aromatic rings. The topological polar surface area (TPSA) is 93.4 Å². The zero-order chi connectivity index (χ0) is 24.4. The van der Waals surface area contributed by atoms with E-state index in [4.69, 9.17) is 33.7 Å². The Morgan fingerprint density at radius 3 is 2.35 bits per heavy atom. The lowest BCUT2D eigenvalue weighted by Gasteiger charge is -2.36. The van der Waals surface area contributed by atoms with Crippen molar-refractivity contribution in [3.63, 3.8) is 0 Å². The van der Waals surface area contributed by atoms with Crippen LogP contribution in [-0.2, 0) is 0 Å². The maximum absolute atomic E-state index is 13.0. The summed E-state index contributed by atoms with van der Waals surface area (Å²) in [4.78, 5) is 23.6. The molecule has 0 aliphatic carbocycles. The number of anilines is 1. The highest BCUT2D eigenvalue weighted by atomic mass is 35.5. The average Bonchev–Trinajstić information content (AvgIpc) is 2.79. The molecule has 4 rings (SSSR count). The second-order valence-electron chi connectivity index (χ2n) is 8.60. The Labute approximate surface area is 209 Å². The number of nitrogens with two attached hydrogens (primary N) is 1. The SMILES string of the molecule is CC(Oc1nc(-c2ccc(C(=O)N3C[C@@H](C)N[C@@H](C)C3)cc2)cnc1N)c1c(Cl)cccc1Cl. The maximum atomic E-state index is 13.0. The molecule has 0 radical (unpaired) electrons. The van der Waals surface area contributed by atoms with Crippen molar-refractivity contribution < 1.29 is 9.53 Å². The Morgan fingerprint density at radius 1 is 1.12 bits per heavy atom. The molecule has 7 nitrogen and oxygen atoms in total. The molecule has 1 amide bonds. The quantitative estimate of drug-likeness (QED) is 0.513. The Bertz CT molecular complexity index is 1160. The molecule has 0 bridgehead atoms. The van der Waals surface area contributed by atoms with Crippen LogP contribution in [0.3, 0.4) is 0 Å². The van der Waals surface area contributed by atoms with Gasteiger partial charge in [-0.1, -0.05) is 41.4 Å². The van der Waals surface area contributed by atoms with Crippen LogP contribution in [0.2, 0.25) is 10.0 Å². The Hall–Kier alpha value is -2.87. The Kier molecular flexibility index (Phi) is 7.26. The minimum absolute atomic E-state index is 0.0182. The molecule has 1 aliphatic rings. The van der Waals surface area contributed by atoms with Crippen molar-refractivity contribution in [1.82, 2.24) is 20.2 Å². The number of ether oxygens (including phenoxy) is 1. The lowest BCUT2D eigenvalue weighted by atomic mass is 10.1. The number of nitrogens with one attached hydrogen (secondary N) is 1. The zero-order valence-electron chi connectivity index (χ0n) is 19.3. The summed E-state index contributed by atoms with van der Waals surface area (Å²) in [5, 5.41) is 4.43. The summed E-state index contributed by atoms with van der Waals surface area (Å²) in [6.07, 6.45) is 1.09. The number of amides is 1. The van der Waals surface area contributed by atoms with E-state index < -0.39 is 6.10 Å². The van der Waals surface area contributed by atoms with Gasteiger partial charge in [-0.2, -0.15) is 0 Å². The first kappa shape index (κ1) is 24.3. The van der Waals surface area contributed by atoms with E-state index >= 15 is 0 Å². The number of nitrogens with zero attached hydrogens (tertiary/aromatic N) is 3. The number of carbonyl (C=O) groups is 1. The molecular weight excluding hydrogens is 473 g/mol. The van der Waals surface area contributed by atoms with E-state index in [0.29, 0.717) is 40.0 Å². The number of hydrogen-bond acceptors (Lipinski definition) is 6. The summed E-state index contributed by atoms with van der Waals surface area (Å²) in [6.45, 7) is 7.35. The van der Waals surface area contributed by atoms with E-state index in [0.717, 1.165) is 5.56 Å². The van der Waals surface area contributed by atoms with Crippen LogP contribution < -0.4 is 15.8 Å². The number of aromatic nitrogens is 2. The minimum atomic E-state index is -0.489. The van der Waals surface area contributed by atoms with Gasteiger partial charge in [0.1, 0.15) is 6.10 Å². The van der Waals surface area contributed by atoms with Crippen molar-refractivity contribution in [2.75, 3.05) is 18.8 Å². The second kappa shape index (κ2) is 10.2. The number of halogens is 2. The number of carbonyl (C=O) groups excluding carboxylic acids is 1. The van der Waals surface area contributed by atoms with Crippen LogP contribution in [0.5, 0.6) is 5.88 Å². The van der Waals surface area contributed by atoms with E-state index in [1.165, 1.54) is 0 Å². The van der Waals surface area contributed by atoms with Gasteiger partial charge >= 0.3 is 0 Å². The van der Waals surface area contributed by atoms with Crippen LogP contribution in [0.15, 0.2) is 48.7 Å². The first-order valence-electron chi connectivity index (χ1n) is 11.1. The Balaban J connectivity index is 1.53. The third kappa shape index (κ3) is 5.27. The van der Waals surface area contributed by atoms with Crippen LogP contribution in [0, 0.1) is 0 Å². The lowest BCUT2D eigenvalue weighted by molar-refractivity contribution is 0.0674. The standard InChI is InChI=1S/C25H27Cl2N5O2/c1-14-12-32(13-15(2)30-14)25(33)18-9-7-17(8-10-18)21-11-29-23(28)24(31-21)34-16(3)22-19(26)5-4-6-20(22)27/h4-11,14-16,30H,12-13H2,1-3H3,(H2,28,29)/t14-,15+,16?. The van der Waals surface area contributed by atoms with Crippen molar-refractivity contribution in [3.8, 4) is 17.1 Å². The predicted molar refractivity (Wildman–Crippen MR) is 135 cm³/mol. The zero-order valence-corrected chi connectivity index (χ0v) is 20.8. The van der Waals surface area contributed by atoms with Gasteiger partial charge in [0.05, 0.1) is 11.9 Å². The predicted octanol–water partition coefficient (Wildman–Crippen LogP) is 5.00. The molecule has 1 unspecified atom stereocenters. The molecular formula is C25H27Cl2N5O2. The van der Waals surface area contributed by atoms with Gasteiger partial charge < -0.3 is 20.7 Å². The highest BCUT2D eigenvalue weighted by molar-refractivity contribution is 6.36. The van der Waals surface area contributed by atoms with Crippen molar-refractivity contribution in [3.05, 3.63) is 69.8 Å². The molecule has 0 saturated carbocycles. The van der Waals surface area contributed by atoms with Gasteiger partial charge in [-0.15, -0.1) is 0 Å². The van der Waals surface area contributed by atoms with Gasteiger partial charge in [0.25, 0.3) is 11.8 Å². The molecule has 1 aliphatic heterocycles. The fraction of sp³-hybridized carbons (Fsp3) is 0.320. The van der Waals surface area contributed by atoms with Crippen LogP contribution >= 0.6 is 23.2 Å². The van der Waals surface area contributed by atoms with E-state index in [1.54, 1.807) is 36.5 Å². The van der Waals surface area contributed by atoms with Gasteiger partial charge in [-0.25, -0.2) is 9.97 Å². The van der Waals surface area contributed by atoms with Crippen molar-refractivity contribution in [2.45, 2.75) is 39.0 Å². The molecule has 34 heavy (non-hydrogen) atoms. The van der Waals surface area contributed by atoms with Crippen LogP contribution in [-0.4, -0.2) is 45.9 Å². The van der Waals surface area contributed by atoms with Gasteiger partial charge in [0, 0.05) is 51.9 Å². The molecule has 1 aromatic heterocycles. The van der Waals surface area contributed by atoms with Gasteiger partial charge in [-0.3, -0.25) is 4.79 Å². The number of piperazine rings is 1. The molecule has 9 heteroatoms. The number of benzene rings is 2. The summed E-state index contributed by atoms with van der Waals surface area (Å²) in [7, 11) is 0. The number of rotatable bonds is 5. The summed E-state index contributed by atoms with van der Waals surface area (Å²) in [6, 6.07) is 13.1. The summed E-state index contributed by atoms with van der Waals surface area (Å²) >= 11 is 12.6. The van der Waals surface area contributed by atoms with E-state index in [1.807, 2.05) is 24.0 Å². The molecule has 3 N–H and O–H groups in total. The normalized spacial score (nSPS) is 19.0. The van der Waals surface area contributed by atoms with Gasteiger partial charge in [-0.05, 0) is 45.0 Å². The van der Waals surface area contributed by atoms with Crippen molar-refractivity contribution in [2.24, 2.45) is 0 Å². The highest BCUT2D eigenvalue weighted by Crippen LogP contribution is 2.34. The van der Waals surface area contributed by atoms with Crippen LogP contribution in [0.1, 0.15) is 42.8 Å². The monoisotopic (exact) mass is 499 g/mol. The van der Waals surface area contributed by atoms with E-state index in [-0.39, 0.29) is 29.7 Å². The first-order chi connectivity index (χ1) is 16.2. The summed E-state index contributed by atoms with van der Waals surface area (Å²) in [5.74, 6) is 0.363. The Morgan fingerprint density at radius 2 is 1.74 bits per heavy atom. The molecule has 0 spiro atoms. The highest BCUT2D eigenvalue weighted by Gasteiger charge is 2.25. The fourth-order valence-electron chi connectivity index (χ4n) is 4.19. The van der Waals surface area contributed by atoms with E-state index in [9.17, 15) is 4.79 Å². The molecule has 178 valence electrons. The molecule has 3 atom stereocenters.